The zero-order valence-electron chi connectivity index (χ0n) is 14.9. The summed E-state index contributed by atoms with van der Waals surface area (Å²) in [4.78, 5) is 16.3. The fraction of sp³-hybridized carbons (Fsp3) is 0.500. The number of thioether (sulfide) groups is 1. The molecule has 0 aromatic carbocycles. The maximum atomic E-state index is 11.5. The summed E-state index contributed by atoms with van der Waals surface area (Å²) < 4.78 is 2.61. The molecule has 25 heavy (non-hydrogen) atoms. The Balaban J connectivity index is 2.06. The molecule has 0 radical (unpaired) electrons. The molecule has 0 fully saturated rings. The summed E-state index contributed by atoms with van der Waals surface area (Å²) in [5, 5.41) is 14.9. The molecule has 5 nitrogen and oxygen atoms in total. The minimum absolute atomic E-state index is 0.158. The molecule has 2 aromatic heterocycles. The van der Waals surface area contributed by atoms with Crippen molar-refractivity contribution in [1.82, 2.24) is 14.8 Å². The van der Waals surface area contributed by atoms with Crippen LogP contribution < -0.4 is 0 Å². The van der Waals surface area contributed by atoms with E-state index in [1.54, 1.807) is 24.8 Å². The van der Waals surface area contributed by atoms with Crippen molar-refractivity contribution in [2.24, 2.45) is 5.92 Å². The third kappa shape index (κ3) is 3.98. The number of rotatable bonds is 5. The Morgan fingerprint density at radius 2 is 2.24 bits per heavy atom. The lowest BCUT2D eigenvalue weighted by atomic mass is 9.90. The van der Waals surface area contributed by atoms with Crippen molar-refractivity contribution in [3.8, 4) is 5.13 Å². The quantitative estimate of drug-likeness (QED) is 0.739. The van der Waals surface area contributed by atoms with Crippen molar-refractivity contribution < 1.29 is 9.90 Å². The minimum atomic E-state index is -0.985. The number of hydrogen-bond acceptors (Lipinski definition) is 5. The summed E-state index contributed by atoms with van der Waals surface area (Å²) >= 11 is 3.31. The van der Waals surface area contributed by atoms with Crippen molar-refractivity contribution in [2.75, 3.05) is 0 Å². The number of aryl methyl sites for hydroxylation is 1. The Morgan fingerprint density at radius 1 is 1.48 bits per heavy atom. The maximum absolute atomic E-state index is 11.5. The first kappa shape index (κ1) is 18.2. The van der Waals surface area contributed by atoms with Gasteiger partial charge in [0, 0.05) is 5.25 Å². The van der Waals surface area contributed by atoms with Gasteiger partial charge in [-0.15, -0.1) is 11.8 Å². The highest BCUT2D eigenvalue weighted by Gasteiger charge is 2.23. The van der Waals surface area contributed by atoms with Gasteiger partial charge in [-0.3, -0.25) is 0 Å². The summed E-state index contributed by atoms with van der Waals surface area (Å²) in [7, 11) is 0. The van der Waals surface area contributed by atoms with Crippen LogP contribution in [0, 0.1) is 12.8 Å². The van der Waals surface area contributed by atoms with Crippen LogP contribution in [0.3, 0.4) is 0 Å². The van der Waals surface area contributed by atoms with Crippen LogP contribution in [0.5, 0.6) is 0 Å². The second-order valence-corrected chi connectivity index (χ2v) is 9.62. The van der Waals surface area contributed by atoms with Crippen LogP contribution in [0.2, 0.25) is 0 Å². The van der Waals surface area contributed by atoms with Crippen molar-refractivity contribution in [3.05, 3.63) is 29.2 Å². The van der Waals surface area contributed by atoms with Gasteiger partial charge in [0.05, 0.1) is 15.6 Å². The van der Waals surface area contributed by atoms with Crippen molar-refractivity contribution >= 4 is 34.6 Å². The average molecular weight is 378 g/mol. The van der Waals surface area contributed by atoms with Crippen molar-refractivity contribution in [3.63, 3.8) is 0 Å². The van der Waals surface area contributed by atoms with Crippen LogP contribution in [-0.4, -0.2) is 31.1 Å². The van der Waals surface area contributed by atoms with Gasteiger partial charge < -0.3 is 5.11 Å². The van der Waals surface area contributed by atoms with Crippen LogP contribution in [0.4, 0.5) is 0 Å². The number of thiazole rings is 1. The predicted octanol–water partition coefficient (Wildman–Crippen LogP) is 5.04. The largest absolute Gasteiger partial charge is 0.477 e. The Labute approximate surface area is 156 Å². The molecule has 1 N–H and O–H groups in total. The van der Waals surface area contributed by atoms with E-state index in [9.17, 15) is 9.90 Å². The van der Waals surface area contributed by atoms with E-state index in [2.05, 4.69) is 31.9 Å². The molecule has 0 bridgehead atoms. The lowest BCUT2D eigenvalue weighted by molar-refractivity contribution is 0.0687. The molecule has 7 heteroatoms. The van der Waals surface area contributed by atoms with Gasteiger partial charge in [-0.2, -0.15) is 9.78 Å². The van der Waals surface area contributed by atoms with Crippen LogP contribution in [0.1, 0.15) is 61.9 Å². The number of carbonyl (C=O) groups is 1. The molecule has 0 aliphatic heterocycles. The van der Waals surface area contributed by atoms with Gasteiger partial charge in [0.1, 0.15) is 0 Å². The number of aromatic carboxylic acids is 1. The first-order valence-corrected chi connectivity index (χ1v) is 10.2. The topological polar surface area (TPSA) is 68.0 Å². The second-order valence-electron chi connectivity index (χ2n) is 6.80. The van der Waals surface area contributed by atoms with E-state index in [4.69, 9.17) is 4.98 Å². The van der Waals surface area contributed by atoms with Gasteiger partial charge in [-0.25, -0.2) is 9.78 Å². The zero-order valence-corrected chi connectivity index (χ0v) is 16.6. The van der Waals surface area contributed by atoms with Gasteiger partial charge in [-0.1, -0.05) is 38.2 Å². The molecule has 2 heterocycles. The van der Waals surface area contributed by atoms with E-state index in [-0.39, 0.29) is 5.69 Å². The molecule has 134 valence electrons. The van der Waals surface area contributed by atoms with Crippen LogP contribution >= 0.6 is 23.1 Å². The van der Waals surface area contributed by atoms with Gasteiger partial charge in [-0.05, 0) is 43.7 Å². The maximum Gasteiger partial charge on any atom is 0.354 e. The third-order valence-electron chi connectivity index (χ3n) is 4.14. The summed E-state index contributed by atoms with van der Waals surface area (Å²) in [6.07, 6.45) is 5.57. The van der Waals surface area contributed by atoms with E-state index in [1.807, 2.05) is 0 Å². The molecule has 1 unspecified atom stereocenters. The highest BCUT2D eigenvalue weighted by molar-refractivity contribution is 8.01. The summed E-state index contributed by atoms with van der Waals surface area (Å²) in [5.74, 6) is -0.267. The normalized spacial score (nSPS) is 17.8. The number of aromatic nitrogens is 3. The lowest BCUT2D eigenvalue weighted by Crippen LogP contribution is -2.08. The molecule has 2 aromatic rings. The summed E-state index contributed by atoms with van der Waals surface area (Å²) in [6, 6.07) is 1.58. The highest BCUT2D eigenvalue weighted by atomic mass is 32.2. The van der Waals surface area contributed by atoms with Gasteiger partial charge in [0.15, 0.2) is 5.69 Å². The molecule has 1 aliphatic carbocycles. The number of nitrogens with zero attached hydrogens (tertiary/aromatic N) is 3. The van der Waals surface area contributed by atoms with Crippen molar-refractivity contribution in [1.29, 1.82) is 0 Å². The Hall–Kier alpha value is -1.60. The van der Waals surface area contributed by atoms with Gasteiger partial charge in [0.25, 0.3) is 0 Å². The van der Waals surface area contributed by atoms with Crippen LogP contribution in [-0.2, 0) is 0 Å². The van der Waals surface area contributed by atoms with E-state index in [1.165, 1.54) is 28.0 Å². The Kier molecular flexibility index (Phi) is 5.34. The van der Waals surface area contributed by atoms with E-state index < -0.39 is 5.97 Å². The molecule has 0 saturated heterocycles. The fourth-order valence-electron chi connectivity index (χ4n) is 2.86. The van der Waals surface area contributed by atoms with Gasteiger partial charge in [0.2, 0.25) is 5.13 Å². The SMILES string of the molecule is Cc1cc(C(=O)O)n(-c2nc(C3=CCC(C)CC3)c(SC(C)C)s2)n1. The predicted molar refractivity (Wildman–Crippen MR) is 103 cm³/mol. The Morgan fingerprint density at radius 3 is 2.84 bits per heavy atom. The first-order chi connectivity index (χ1) is 11.8. The van der Waals surface area contributed by atoms with Gasteiger partial charge >= 0.3 is 5.97 Å². The number of hydrogen-bond donors (Lipinski definition) is 1. The van der Waals surface area contributed by atoms with E-state index in [0.29, 0.717) is 16.1 Å². The first-order valence-electron chi connectivity index (χ1n) is 8.52. The monoisotopic (exact) mass is 377 g/mol. The minimum Gasteiger partial charge on any atom is -0.477 e. The standard InChI is InChI=1S/C18H23N3O2S2/c1-10(2)24-17-15(13-7-5-11(3)6-8-13)19-18(25-17)21-14(16(22)23)9-12(4)20-21/h7,9-11H,5-6,8H2,1-4H3,(H,22,23). The zero-order chi connectivity index (χ0) is 18.1. The number of allylic oxidation sites excluding steroid dienone is 2. The molecule has 0 spiro atoms. The fourth-order valence-corrected chi connectivity index (χ4v) is 5.37. The molecule has 1 atom stereocenters. The number of carboxylic acid groups (broad SMARTS) is 1. The highest BCUT2D eigenvalue weighted by Crippen LogP contribution is 2.40. The van der Waals surface area contributed by atoms with Crippen LogP contribution in [0.15, 0.2) is 16.4 Å². The molecule has 0 saturated carbocycles. The average Bonchev–Trinajstić information content (AvgIpc) is 3.11. The molecular formula is C18H23N3O2S2. The number of carboxylic acids is 1. The molecular weight excluding hydrogens is 354 g/mol. The Bertz CT molecular complexity index is 820. The smallest absolute Gasteiger partial charge is 0.354 e. The van der Waals surface area contributed by atoms with Crippen LogP contribution in [0.25, 0.3) is 10.7 Å². The second kappa shape index (κ2) is 7.33. The molecule has 3 rings (SSSR count). The van der Waals surface area contributed by atoms with E-state index >= 15 is 0 Å². The summed E-state index contributed by atoms with van der Waals surface area (Å²) in [5.41, 5.74) is 3.13. The summed E-state index contributed by atoms with van der Waals surface area (Å²) in [6.45, 7) is 8.39. The van der Waals surface area contributed by atoms with Crippen molar-refractivity contribution in [2.45, 2.75) is 56.4 Å². The molecule has 0 amide bonds. The molecule has 1 aliphatic rings. The third-order valence-corrected chi connectivity index (χ3v) is 6.38. The van der Waals surface area contributed by atoms with E-state index in [0.717, 1.165) is 28.7 Å². The lowest BCUT2D eigenvalue weighted by Gasteiger charge is -2.18.